The number of nitrogens with zero attached hydrogens (tertiary/aromatic N) is 3. The number of fused-ring (bicyclic) bond motifs is 1. The highest BCUT2D eigenvalue weighted by molar-refractivity contribution is 5.97. The summed E-state index contributed by atoms with van der Waals surface area (Å²) in [7, 11) is 0. The van der Waals surface area contributed by atoms with E-state index in [1.54, 1.807) is 23.6 Å². The molecule has 7 nitrogen and oxygen atoms in total. The zero-order valence-electron chi connectivity index (χ0n) is 15.1. The number of aliphatic carboxylic acids is 1. The van der Waals surface area contributed by atoms with E-state index >= 15 is 0 Å². The molecule has 3 rings (SSSR count). The van der Waals surface area contributed by atoms with E-state index in [-0.39, 0.29) is 5.56 Å². The molecule has 0 aliphatic carbocycles. The lowest BCUT2D eigenvalue weighted by molar-refractivity contribution is -0.139. The molecule has 2 N–H and O–H groups in total. The molecule has 0 bridgehead atoms. The molecule has 0 radical (unpaired) electrons. The summed E-state index contributed by atoms with van der Waals surface area (Å²) in [5, 5.41) is 16.6. The molecule has 1 aromatic carbocycles. The Kier molecular flexibility index (Phi) is 4.46. The predicted octanol–water partition coefficient (Wildman–Crippen LogP) is 2.52. The van der Waals surface area contributed by atoms with Crippen molar-refractivity contribution in [3.8, 4) is 0 Å². The lowest BCUT2D eigenvalue weighted by atomic mass is 9.97. The molecule has 0 aliphatic heterocycles. The van der Waals surface area contributed by atoms with E-state index in [0.717, 1.165) is 16.8 Å². The van der Waals surface area contributed by atoms with Gasteiger partial charge in [-0.15, -0.1) is 0 Å². The van der Waals surface area contributed by atoms with Gasteiger partial charge in [-0.2, -0.15) is 5.10 Å². The van der Waals surface area contributed by atoms with Crippen molar-refractivity contribution in [1.29, 1.82) is 0 Å². The zero-order chi connectivity index (χ0) is 19.0. The van der Waals surface area contributed by atoms with Crippen LogP contribution in [0.5, 0.6) is 0 Å². The van der Waals surface area contributed by atoms with Crippen LogP contribution in [0.4, 0.5) is 0 Å². The lowest BCUT2D eigenvalue weighted by Gasteiger charge is -2.18. The van der Waals surface area contributed by atoms with E-state index in [4.69, 9.17) is 0 Å². The average Bonchev–Trinajstić information content (AvgIpc) is 2.97. The van der Waals surface area contributed by atoms with Crippen molar-refractivity contribution in [2.45, 2.75) is 33.7 Å². The highest BCUT2D eigenvalue weighted by Gasteiger charge is 2.26. The van der Waals surface area contributed by atoms with Crippen molar-refractivity contribution >= 4 is 17.5 Å². The van der Waals surface area contributed by atoms with Crippen molar-refractivity contribution < 1.29 is 14.7 Å². The van der Waals surface area contributed by atoms with Gasteiger partial charge in [0.05, 0.1) is 17.0 Å². The van der Waals surface area contributed by atoms with Crippen LogP contribution in [0, 0.1) is 27.7 Å². The van der Waals surface area contributed by atoms with E-state index in [9.17, 15) is 14.7 Å². The molecule has 134 valence electrons. The first kappa shape index (κ1) is 17.6. The van der Waals surface area contributed by atoms with Gasteiger partial charge in [0.2, 0.25) is 0 Å². The van der Waals surface area contributed by atoms with Crippen molar-refractivity contribution in [1.82, 2.24) is 19.9 Å². The van der Waals surface area contributed by atoms with Gasteiger partial charge in [0.1, 0.15) is 0 Å². The zero-order valence-corrected chi connectivity index (χ0v) is 15.1. The highest BCUT2D eigenvalue weighted by atomic mass is 16.4. The minimum absolute atomic E-state index is 0.289. The number of nitrogens with one attached hydrogen (secondary N) is 1. The summed E-state index contributed by atoms with van der Waals surface area (Å²) in [6, 6.07) is 6.07. The molecule has 26 heavy (non-hydrogen) atoms. The first-order chi connectivity index (χ1) is 12.3. The smallest absolute Gasteiger partial charge is 0.330 e. The van der Waals surface area contributed by atoms with Crippen LogP contribution < -0.4 is 5.32 Å². The number of carboxylic acids is 1. The molecular formula is C19H20N4O3. The molecule has 0 spiro atoms. The molecule has 0 fully saturated rings. The minimum atomic E-state index is -1.14. The van der Waals surface area contributed by atoms with E-state index in [1.165, 1.54) is 6.20 Å². The maximum Gasteiger partial charge on any atom is 0.330 e. The van der Waals surface area contributed by atoms with E-state index in [2.05, 4.69) is 15.4 Å². The third-order valence-electron chi connectivity index (χ3n) is 4.57. The van der Waals surface area contributed by atoms with Crippen molar-refractivity contribution in [3.63, 3.8) is 0 Å². The number of amides is 1. The molecule has 1 amide bonds. The average molecular weight is 352 g/mol. The fourth-order valence-electron chi connectivity index (χ4n) is 2.95. The Bertz CT molecular complexity index is 1020. The third-order valence-corrected chi connectivity index (χ3v) is 4.57. The molecule has 2 aromatic heterocycles. The number of aromatic nitrogens is 3. The molecular weight excluding hydrogens is 332 g/mol. The fourth-order valence-corrected chi connectivity index (χ4v) is 2.95. The largest absolute Gasteiger partial charge is 0.479 e. The van der Waals surface area contributed by atoms with Crippen LogP contribution in [0.2, 0.25) is 0 Å². The molecule has 2 heterocycles. The Balaban J connectivity index is 1.98. The fraction of sp³-hybridized carbons (Fsp3) is 0.263. The SMILES string of the molecule is Cc1cc2ncc(C(=O)NC(C(=O)O)c3cccc(C)c3C)c(C)n2n1. The summed E-state index contributed by atoms with van der Waals surface area (Å²) in [6.45, 7) is 7.35. The van der Waals surface area contributed by atoms with Crippen molar-refractivity contribution in [3.05, 3.63) is 64.1 Å². The molecule has 0 aliphatic rings. The standard InChI is InChI=1S/C19H20N4O3/c1-10-6-5-7-14(12(10)3)17(19(25)26)21-18(24)15-9-20-16-8-11(2)22-23(16)13(15)4/h5-9,17H,1-4H3,(H,21,24)(H,25,26). The minimum Gasteiger partial charge on any atom is -0.479 e. The summed E-state index contributed by atoms with van der Waals surface area (Å²) in [5.41, 5.74) is 4.69. The number of hydrogen-bond acceptors (Lipinski definition) is 4. The van der Waals surface area contributed by atoms with Crippen LogP contribution in [-0.4, -0.2) is 31.6 Å². The highest BCUT2D eigenvalue weighted by Crippen LogP contribution is 2.22. The Morgan fingerprint density at radius 1 is 1.19 bits per heavy atom. The molecule has 7 heteroatoms. The summed E-state index contributed by atoms with van der Waals surface area (Å²) in [4.78, 5) is 28.8. The van der Waals surface area contributed by atoms with Gasteiger partial charge >= 0.3 is 5.97 Å². The number of benzene rings is 1. The third kappa shape index (κ3) is 3.03. The normalized spacial score (nSPS) is 12.2. The lowest BCUT2D eigenvalue weighted by Crippen LogP contribution is -2.35. The van der Waals surface area contributed by atoms with Crippen molar-refractivity contribution in [2.24, 2.45) is 0 Å². The number of aryl methyl sites for hydroxylation is 3. The van der Waals surface area contributed by atoms with Crippen LogP contribution >= 0.6 is 0 Å². The quantitative estimate of drug-likeness (QED) is 0.752. The number of carboxylic acid groups (broad SMARTS) is 1. The topological polar surface area (TPSA) is 96.6 Å². The van der Waals surface area contributed by atoms with Gasteiger partial charge in [-0.25, -0.2) is 14.3 Å². The summed E-state index contributed by atoms with van der Waals surface area (Å²) in [5.74, 6) is -1.62. The van der Waals surface area contributed by atoms with Crippen molar-refractivity contribution in [2.75, 3.05) is 0 Å². The van der Waals surface area contributed by atoms with Crippen LogP contribution in [-0.2, 0) is 4.79 Å². The second-order valence-corrected chi connectivity index (χ2v) is 6.35. The molecule has 1 atom stereocenters. The van der Waals surface area contributed by atoms with Gasteiger partial charge in [-0.3, -0.25) is 4.79 Å². The second-order valence-electron chi connectivity index (χ2n) is 6.35. The monoisotopic (exact) mass is 352 g/mol. The Morgan fingerprint density at radius 2 is 1.92 bits per heavy atom. The van der Waals surface area contributed by atoms with Gasteiger partial charge in [-0.1, -0.05) is 18.2 Å². The maximum absolute atomic E-state index is 12.7. The Hall–Kier alpha value is -3.22. The van der Waals surface area contributed by atoms with Gasteiger partial charge in [-0.05, 0) is 44.4 Å². The number of hydrogen-bond donors (Lipinski definition) is 2. The summed E-state index contributed by atoms with van der Waals surface area (Å²) >= 11 is 0. The van der Waals surface area contributed by atoms with E-state index in [0.29, 0.717) is 16.9 Å². The Labute approximate surface area is 150 Å². The van der Waals surface area contributed by atoms with Gasteiger partial charge in [0.25, 0.3) is 5.91 Å². The summed E-state index contributed by atoms with van der Waals surface area (Å²) in [6.07, 6.45) is 1.45. The number of carbonyl (C=O) groups excluding carboxylic acids is 1. The number of carbonyl (C=O) groups is 2. The first-order valence-corrected chi connectivity index (χ1v) is 8.21. The Morgan fingerprint density at radius 3 is 2.62 bits per heavy atom. The molecule has 0 saturated carbocycles. The van der Waals surface area contributed by atoms with Gasteiger partial charge in [0.15, 0.2) is 11.7 Å². The van der Waals surface area contributed by atoms with E-state index < -0.39 is 17.9 Å². The number of rotatable bonds is 4. The maximum atomic E-state index is 12.7. The molecule has 3 aromatic rings. The van der Waals surface area contributed by atoms with Crippen LogP contribution in [0.1, 0.15) is 44.5 Å². The summed E-state index contributed by atoms with van der Waals surface area (Å²) < 4.78 is 1.58. The molecule has 0 saturated heterocycles. The van der Waals surface area contributed by atoms with Crippen LogP contribution in [0.25, 0.3) is 5.65 Å². The van der Waals surface area contributed by atoms with Crippen LogP contribution in [0.3, 0.4) is 0 Å². The van der Waals surface area contributed by atoms with Gasteiger partial charge < -0.3 is 10.4 Å². The first-order valence-electron chi connectivity index (χ1n) is 8.21. The predicted molar refractivity (Wildman–Crippen MR) is 96.2 cm³/mol. The molecule has 1 unspecified atom stereocenters. The van der Waals surface area contributed by atoms with E-state index in [1.807, 2.05) is 32.9 Å². The van der Waals surface area contributed by atoms with Gasteiger partial charge in [0, 0.05) is 12.3 Å². The second kappa shape index (κ2) is 6.59. The van der Waals surface area contributed by atoms with Crippen LogP contribution in [0.15, 0.2) is 30.5 Å².